The molecule has 2 heterocycles. The number of aliphatic hydroxyl groups is 1. The number of carbonyl (C=O) groups is 2. The van der Waals surface area contributed by atoms with Gasteiger partial charge in [0.15, 0.2) is 5.70 Å². The minimum Gasteiger partial charge on any atom is -0.457 e. The number of aliphatic hydroxyl groups excluding tert-OH is 1. The maximum Gasteiger partial charge on any atom is 0.357 e. The minimum atomic E-state index is -0.745. The summed E-state index contributed by atoms with van der Waals surface area (Å²) in [6.45, 7) is 5.23. The van der Waals surface area contributed by atoms with E-state index in [1.165, 1.54) is 34.5 Å². The fourth-order valence-corrected chi connectivity index (χ4v) is 5.64. The number of nitrogens with zero attached hydrogens (tertiary/aromatic N) is 1. The van der Waals surface area contributed by atoms with Gasteiger partial charge >= 0.3 is 5.97 Å². The number of esters is 1. The van der Waals surface area contributed by atoms with Gasteiger partial charge < -0.3 is 9.84 Å². The van der Waals surface area contributed by atoms with Gasteiger partial charge in [0.05, 0.1) is 16.3 Å². The summed E-state index contributed by atoms with van der Waals surface area (Å²) in [5.74, 6) is -0.548. The molecule has 0 radical (unpaired) electrons. The molecule has 2 aliphatic rings. The number of amides is 1. The van der Waals surface area contributed by atoms with E-state index in [4.69, 9.17) is 4.74 Å². The Morgan fingerprint density at radius 3 is 2.84 bits per heavy atom. The maximum absolute atomic E-state index is 12.4. The minimum absolute atomic E-state index is 0.0934. The first-order valence-corrected chi connectivity index (χ1v) is 9.78. The van der Waals surface area contributed by atoms with Gasteiger partial charge in [0.2, 0.25) is 5.91 Å². The quantitative estimate of drug-likeness (QED) is 0.448. The van der Waals surface area contributed by atoms with E-state index in [-0.39, 0.29) is 17.9 Å². The number of fused-ring (bicyclic) bond motifs is 1. The highest BCUT2D eigenvalue weighted by molar-refractivity contribution is 8.22. The third kappa shape index (κ3) is 3.49. The van der Waals surface area contributed by atoms with Crippen molar-refractivity contribution in [1.82, 2.24) is 4.90 Å². The molecule has 0 bridgehead atoms. The zero-order valence-corrected chi connectivity index (χ0v) is 15.4. The van der Waals surface area contributed by atoms with Gasteiger partial charge in [0, 0.05) is 5.75 Å². The molecule has 1 N–H and O–H groups in total. The molecule has 1 amide bonds. The molecule has 132 valence electrons. The number of β-lactam (4-membered cyclic amide) rings is 1. The van der Waals surface area contributed by atoms with E-state index in [2.05, 4.69) is 6.58 Å². The first-order chi connectivity index (χ1) is 12.0. The summed E-state index contributed by atoms with van der Waals surface area (Å²) in [5, 5.41) is 9.60. The number of benzene rings is 1. The van der Waals surface area contributed by atoms with Crippen LogP contribution in [0.2, 0.25) is 0 Å². The van der Waals surface area contributed by atoms with E-state index in [1.54, 1.807) is 6.92 Å². The zero-order chi connectivity index (χ0) is 18.0. The van der Waals surface area contributed by atoms with Crippen molar-refractivity contribution in [3.05, 3.63) is 58.5 Å². The lowest BCUT2D eigenvalue weighted by Gasteiger charge is -2.43. The van der Waals surface area contributed by atoms with Crippen molar-refractivity contribution in [2.24, 2.45) is 5.92 Å². The summed E-state index contributed by atoms with van der Waals surface area (Å²) < 4.78 is 5.92. The molecule has 0 aliphatic carbocycles. The standard InChI is InChI=1S/C18H19NO4S2/c1-3-9-23-17(22)14-18(24-10-12-7-5-4-6-8-12)25-16-13(11(2)20)15(21)19(14)16/h3-8,11,13,16,20H,1,9-10H2,2H3/t11?,13?,16-/m1/s1. The smallest absolute Gasteiger partial charge is 0.357 e. The fraction of sp³-hybridized carbons (Fsp3) is 0.333. The molecule has 25 heavy (non-hydrogen) atoms. The van der Waals surface area contributed by atoms with Crippen LogP contribution in [0.1, 0.15) is 12.5 Å². The third-order valence-corrected chi connectivity index (χ3v) is 6.73. The van der Waals surface area contributed by atoms with Gasteiger partial charge in [0.1, 0.15) is 12.0 Å². The van der Waals surface area contributed by atoms with Gasteiger partial charge in [-0.2, -0.15) is 0 Å². The predicted molar refractivity (Wildman–Crippen MR) is 99.3 cm³/mol. The molecule has 5 nitrogen and oxygen atoms in total. The molecule has 7 heteroatoms. The van der Waals surface area contributed by atoms with Gasteiger partial charge in [-0.3, -0.25) is 9.69 Å². The Kier molecular flexibility index (Phi) is 5.56. The predicted octanol–water partition coefficient (Wildman–Crippen LogP) is 2.73. The van der Waals surface area contributed by atoms with Crippen LogP contribution in [0.5, 0.6) is 0 Å². The van der Waals surface area contributed by atoms with Gasteiger partial charge in [-0.1, -0.05) is 54.7 Å². The molecule has 0 saturated carbocycles. The lowest BCUT2D eigenvalue weighted by molar-refractivity contribution is -0.157. The van der Waals surface area contributed by atoms with Crippen LogP contribution in [0.4, 0.5) is 0 Å². The highest BCUT2D eigenvalue weighted by Crippen LogP contribution is 2.54. The highest BCUT2D eigenvalue weighted by atomic mass is 32.2. The van der Waals surface area contributed by atoms with Crippen LogP contribution >= 0.6 is 23.5 Å². The number of hydrogen-bond acceptors (Lipinski definition) is 6. The Labute approximate surface area is 155 Å². The Morgan fingerprint density at radius 1 is 1.48 bits per heavy atom. The van der Waals surface area contributed by atoms with Gasteiger partial charge in [-0.05, 0) is 12.5 Å². The van der Waals surface area contributed by atoms with Crippen LogP contribution in [0.25, 0.3) is 0 Å². The summed E-state index contributed by atoms with van der Waals surface area (Å²) >= 11 is 2.96. The van der Waals surface area contributed by atoms with Gasteiger partial charge in [0.25, 0.3) is 0 Å². The highest BCUT2D eigenvalue weighted by Gasteiger charge is 2.57. The van der Waals surface area contributed by atoms with Crippen molar-refractivity contribution in [2.45, 2.75) is 24.2 Å². The van der Waals surface area contributed by atoms with E-state index in [9.17, 15) is 14.7 Å². The van der Waals surface area contributed by atoms with Crippen molar-refractivity contribution in [2.75, 3.05) is 6.61 Å². The Bertz CT molecular complexity index is 717. The molecular weight excluding hydrogens is 358 g/mol. The molecule has 1 fully saturated rings. The Hall–Kier alpha value is -1.70. The first-order valence-electron chi connectivity index (χ1n) is 7.91. The summed E-state index contributed by atoms with van der Waals surface area (Å²) in [6.07, 6.45) is 0.746. The molecule has 2 unspecified atom stereocenters. The second-order valence-electron chi connectivity index (χ2n) is 5.78. The molecule has 0 spiro atoms. The largest absolute Gasteiger partial charge is 0.457 e. The van der Waals surface area contributed by atoms with Crippen LogP contribution in [0.3, 0.4) is 0 Å². The number of ether oxygens (including phenoxy) is 1. The number of hydrogen-bond donors (Lipinski definition) is 1. The van der Waals surface area contributed by atoms with Crippen molar-refractivity contribution in [3.8, 4) is 0 Å². The summed E-state index contributed by atoms with van der Waals surface area (Å²) in [4.78, 5) is 26.3. The van der Waals surface area contributed by atoms with Crippen LogP contribution in [-0.4, -0.2) is 40.0 Å². The summed E-state index contributed by atoms with van der Waals surface area (Å²) in [5.41, 5.74) is 1.42. The Morgan fingerprint density at radius 2 is 2.20 bits per heavy atom. The van der Waals surface area contributed by atoms with Gasteiger partial charge in [-0.25, -0.2) is 4.79 Å². The molecule has 1 aromatic carbocycles. The van der Waals surface area contributed by atoms with Crippen LogP contribution in [0, 0.1) is 5.92 Å². The van der Waals surface area contributed by atoms with Crippen molar-refractivity contribution < 1.29 is 19.4 Å². The molecule has 1 saturated heterocycles. The average molecular weight is 377 g/mol. The monoisotopic (exact) mass is 377 g/mol. The molecule has 3 atom stereocenters. The van der Waals surface area contributed by atoms with Crippen molar-refractivity contribution in [3.63, 3.8) is 0 Å². The molecule has 3 rings (SSSR count). The van der Waals surface area contributed by atoms with E-state index in [1.807, 2.05) is 30.3 Å². The van der Waals surface area contributed by atoms with E-state index < -0.39 is 18.0 Å². The van der Waals surface area contributed by atoms with Crippen molar-refractivity contribution in [1.29, 1.82) is 0 Å². The topological polar surface area (TPSA) is 66.8 Å². The lowest BCUT2D eigenvalue weighted by Crippen LogP contribution is -2.60. The maximum atomic E-state index is 12.4. The molecule has 1 aromatic rings. The zero-order valence-electron chi connectivity index (χ0n) is 13.8. The number of rotatable bonds is 7. The second-order valence-corrected chi connectivity index (χ2v) is 8.15. The normalized spacial score (nSPS) is 23.1. The first kappa shape index (κ1) is 18.1. The SMILES string of the molecule is C=CCOC(=O)C1=C(SCc2ccccc2)S[C@@H]2C(C(C)O)C(=O)N12. The fourth-order valence-electron chi connectivity index (χ4n) is 2.77. The summed E-state index contributed by atoms with van der Waals surface area (Å²) in [6, 6.07) is 9.91. The van der Waals surface area contributed by atoms with Crippen LogP contribution in [-0.2, 0) is 20.1 Å². The van der Waals surface area contributed by atoms with Gasteiger partial charge in [-0.15, -0.1) is 11.8 Å². The summed E-state index contributed by atoms with van der Waals surface area (Å²) in [7, 11) is 0. The lowest BCUT2D eigenvalue weighted by atomic mass is 9.92. The van der Waals surface area contributed by atoms with E-state index >= 15 is 0 Å². The Balaban J connectivity index is 1.80. The molecule has 0 aromatic heterocycles. The molecular formula is C18H19NO4S2. The van der Waals surface area contributed by atoms with Crippen LogP contribution < -0.4 is 0 Å². The third-order valence-electron chi connectivity index (χ3n) is 4.00. The number of carbonyl (C=O) groups excluding carboxylic acids is 2. The van der Waals surface area contributed by atoms with Crippen molar-refractivity contribution >= 4 is 35.4 Å². The molecule has 2 aliphatic heterocycles. The number of thioether (sulfide) groups is 2. The van der Waals surface area contributed by atoms with Crippen LogP contribution in [0.15, 0.2) is 52.9 Å². The average Bonchev–Trinajstić information content (AvgIpc) is 2.92. The second kappa shape index (κ2) is 7.68. The van der Waals surface area contributed by atoms with E-state index in [0.29, 0.717) is 11.4 Å². The van der Waals surface area contributed by atoms with E-state index in [0.717, 1.165) is 9.80 Å².